The Morgan fingerprint density at radius 3 is 2.86 bits per heavy atom. The van der Waals surface area contributed by atoms with Crippen molar-refractivity contribution in [2.45, 2.75) is 13.1 Å². The summed E-state index contributed by atoms with van der Waals surface area (Å²) in [6.07, 6.45) is 5.10. The maximum absolute atomic E-state index is 14.0. The van der Waals surface area contributed by atoms with Gasteiger partial charge in [-0.2, -0.15) is 0 Å². The number of hydrogen-bond donors (Lipinski definition) is 0. The van der Waals surface area contributed by atoms with Gasteiger partial charge in [-0.1, -0.05) is 30.3 Å². The van der Waals surface area contributed by atoms with Crippen LogP contribution in [0.2, 0.25) is 0 Å². The molecule has 28 heavy (non-hydrogen) atoms. The van der Waals surface area contributed by atoms with E-state index in [-0.39, 0.29) is 18.3 Å². The minimum atomic E-state index is -0.266. The molecule has 144 valence electrons. The monoisotopic (exact) mass is 379 g/mol. The molecule has 0 saturated carbocycles. The zero-order valence-corrected chi connectivity index (χ0v) is 15.7. The van der Waals surface area contributed by atoms with Crippen LogP contribution in [0, 0.1) is 5.82 Å². The molecule has 0 N–H and O–H groups in total. The van der Waals surface area contributed by atoms with Crippen molar-refractivity contribution >= 4 is 5.91 Å². The van der Waals surface area contributed by atoms with Crippen LogP contribution in [0.15, 0.2) is 73.6 Å². The molecule has 1 aromatic heterocycles. The number of nitrogens with zero attached hydrogens (tertiary/aromatic N) is 3. The Morgan fingerprint density at radius 1 is 1.29 bits per heavy atom. The van der Waals surface area contributed by atoms with Crippen LogP contribution in [0.5, 0.6) is 5.75 Å². The largest absolute Gasteiger partial charge is 0.497 e. The lowest BCUT2D eigenvalue weighted by molar-refractivity contribution is 0.0757. The number of methoxy groups -OCH3 is 1. The van der Waals surface area contributed by atoms with Gasteiger partial charge >= 0.3 is 0 Å². The number of carbonyl (C=O) groups excluding carboxylic acids is 1. The zero-order valence-electron chi connectivity index (χ0n) is 15.7. The van der Waals surface area contributed by atoms with Crippen molar-refractivity contribution in [2.24, 2.45) is 0 Å². The number of ether oxygens (including phenoxy) is 1. The molecular weight excluding hydrogens is 357 g/mol. The second-order valence-electron chi connectivity index (χ2n) is 6.27. The van der Waals surface area contributed by atoms with E-state index in [9.17, 15) is 9.18 Å². The number of benzene rings is 2. The fourth-order valence-corrected chi connectivity index (χ4v) is 2.93. The second-order valence-corrected chi connectivity index (χ2v) is 6.27. The maximum Gasteiger partial charge on any atom is 0.254 e. The molecular formula is C22H22FN3O2. The molecule has 6 heteroatoms. The zero-order chi connectivity index (χ0) is 19.9. The van der Waals surface area contributed by atoms with Gasteiger partial charge in [0.05, 0.1) is 20.2 Å². The third kappa shape index (κ3) is 4.46. The van der Waals surface area contributed by atoms with Gasteiger partial charge in [-0.25, -0.2) is 9.37 Å². The highest BCUT2D eigenvalue weighted by atomic mass is 19.1. The Kier molecular flexibility index (Phi) is 6.22. The van der Waals surface area contributed by atoms with Gasteiger partial charge in [-0.15, -0.1) is 6.58 Å². The Morgan fingerprint density at radius 2 is 2.11 bits per heavy atom. The van der Waals surface area contributed by atoms with Crippen LogP contribution in [0.3, 0.4) is 0 Å². The second kappa shape index (κ2) is 8.99. The molecule has 0 bridgehead atoms. The van der Waals surface area contributed by atoms with Crippen molar-refractivity contribution in [3.05, 3.63) is 96.3 Å². The summed E-state index contributed by atoms with van der Waals surface area (Å²) in [5, 5.41) is 0. The van der Waals surface area contributed by atoms with E-state index in [1.54, 1.807) is 72.9 Å². The van der Waals surface area contributed by atoms with Crippen LogP contribution in [0.4, 0.5) is 4.39 Å². The molecule has 0 saturated heterocycles. The van der Waals surface area contributed by atoms with Crippen molar-refractivity contribution in [2.75, 3.05) is 13.7 Å². The van der Waals surface area contributed by atoms with Crippen LogP contribution in [0.25, 0.3) is 0 Å². The molecule has 1 amide bonds. The van der Waals surface area contributed by atoms with Gasteiger partial charge in [0, 0.05) is 30.1 Å². The summed E-state index contributed by atoms with van der Waals surface area (Å²) in [7, 11) is 1.56. The number of aromatic nitrogens is 2. The number of hydrogen-bond acceptors (Lipinski definition) is 3. The van der Waals surface area contributed by atoms with E-state index >= 15 is 0 Å². The first kappa shape index (κ1) is 19.4. The summed E-state index contributed by atoms with van der Waals surface area (Å²) in [6.45, 7) is 4.74. The summed E-state index contributed by atoms with van der Waals surface area (Å²) in [4.78, 5) is 19.0. The molecule has 5 nitrogen and oxygen atoms in total. The van der Waals surface area contributed by atoms with Crippen molar-refractivity contribution in [3.8, 4) is 5.75 Å². The Labute approximate surface area is 163 Å². The fraction of sp³-hybridized carbons (Fsp3) is 0.182. The van der Waals surface area contributed by atoms with Crippen LogP contribution in [-0.4, -0.2) is 34.0 Å². The molecule has 0 aliphatic carbocycles. The molecule has 1 heterocycles. The molecule has 2 aromatic carbocycles. The molecule has 0 aliphatic heterocycles. The van der Waals surface area contributed by atoms with E-state index in [1.165, 1.54) is 6.07 Å². The number of rotatable bonds is 8. The van der Waals surface area contributed by atoms with Gasteiger partial charge in [-0.3, -0.25) is 4.79 Å². The summed E-state index contributed by atoms with van der Waals surface area (Å²) < 4.78 is 21.0. The van der Waals surface area contributed by atoms with Crippen LogP contribution >= 0.6 is 0 Å². The first-order chi connectivity index (χ1) is 13.6. The van der Waals surface area contributed by atoms with E-state index in [4.69, 9.17) is 4.74 Å². The van der Waals surface area contributed by atoms with Crippen LogP contribution < -0.4 is 4.74 Å². The third-order valence-corrected chi connectivity index (χ3v) is 4.39. The summed E-state index contributed by atoms with van der Waals surface area (Å²) >= 11 is 0. The minimum Gasteiger partial charge on any atom is -0.497 e. The minimum absolute atomic E-state index is 0.153. The fourth-order valence-electron chi connectivity index (χ4n) is 2.93. The van der Waals surface area contributed by atoms with E-state index in [0.717, 1.165) is 0 Å². The van der Waals surface area contributed by atoms with Crippen molar-refractivity contribution < 1.29 is 13.9 Å². The Balaban J connectivity index is 1.81. The normalized spacial score (nSPS) is 10.5. The highest BCUT2D eigenvalue weighted by Crippen LogP contribution is 2.17. The topological polar surface area (TPSA) is 47.4 Å². The quantitative estimate of drug-likeness (QED) is 0.558. The van der Waals surface area contributed by atoms with Gasteiger partial charge < -0.3 is 14.2 Å². The van der Waals surface area contributed by atoms with E-state index in [2.05, 4.69) is 11.6 Å². The maximum atomic E-state index is 14.0. The Hall–Kier alpha value is -3.41. The molecule has 0 radical (unpaired) electrons. The molecule has 0 spiro atoms. The first-order valence-corrected chi connectivity index (χ1v) is 8.90. The highest BCUT2D eigenvalue weighted by molar-refractivity contribution is 5.94. The van der Waals surface area contributed by atoms with Crippen molar-refractivity contribution in [1.82, 2.24) is 14.5 Å². The van der Waals surface area contributed by atoms with E-state index in [0.29, 0.717) is 35.8 Å². The molecule has 3 aromatic rings. The lowest BCUT2D eigenvalue weighted by Crippen LogP contribution is -2.32. The van der Waals surface area contributed by atoms with Gasteiger partial charge in [0.15, 0.2) is 0 Å². The van der Waals surface area contributed by atoms with Gasteiger partial charge in [-0.05, 0) is 24.3 Å². The van der Waals surface area contributed by atoms with Crippen LogP contribution in [-0.2, 0) is 13.1 Å². The highest BCUT2D eigenvalue weighted by Gasteiger charge is 2.18. The van der Waals surface area contributed by atoms with Gasteiger partial charge in [0.2, 0.25) is 0 Å². The van der Waals surface area contributed by atoms with Crippen molar-refractivity contribution in [1.29, 1.82) is 0 Å². The first-order valence-electron chi connectivity index (χ1n) is 8.90. The van der Waals surface area contributed by atoms with E-state index in [1.807, 2.05) is 4.57 Å². The summed E-state index contributed by atoms with van der Waals surface area (Å²) in [6, 6.07) is 13.6. The number of imidazole rings is 1. The third-order valence-electron chi connectivity index (χ3n) is 4.39. The molecule has 0 fully saturated rings. The summed E-state index contributed by atoms with van der Waals surface area (Å²) in [5.74, 6) is 0.864. The average Bonchev–Trinajstić information content (AvgIpc) is 3.15. The predicted octanol–water partition coefficient (Wildman–Crippen LogP) is 3.91. The van der Waals surface area contributed by atoms with Gasteiger partial charge in [0.1, 0.15) is 17.4 Å². The molecule has 0 aliphatic rings. The summed E-state index contributed by atoms with van der Waals surface area (Å²) in [5.41, 5.74) is 1.09. The number of halogens is 1. The lowest BCUT2D eigenvalue weighted by Gasteiger charge is -2.22. The molecule has 0 unspecified atom stereocenters. The SMILES string of the molecule is C=CCN(Cc1nccn1Cc1ccccc1F)C(=O)c1cccc(OC)c1. The van der Waals surface area contributed by atoms with Crippen molar-refractivity contribution in [3.63, 3.8) is 0 Å². The molecule has 3 rings (SSSR count). The predicted molar refractivity (Wildman–Crippen MR) is 106 cm³/mol. The smallest absolute Gasteiger partial charge is 0.254 e. The number of carbonyl (C=O) groups is 1. The Bertz CT molecular complexity index is 968. The molecule has 0 atom stereocenters. The lowest BCUT2D eigenvalue weighted by atomic mass is 10.2. The standard InChI is InChI=1S/C22H22FN3O2/c1-3-12-26(22(27)17-8-6-9-19(14-17)28-2)16-21-24-11-13-25(21)15-18-7-4-5-10-20(18)23/h3-11,13-14H,1,12,15-16H2,2H3. The average molecular weight is 379 g/mol. The van der Waals surface area contributed by atoms with Gasteiger partial charge in [0.25, 0.3) is 5.91 Å². The van der Waals surface area contributed by atoms with Crippen LogP contribution in [0.1, 0.15) is 21.7 Å². The number of amides is 1. The van der Waals surface area contributed by atoms with E-state index < -0.39 is 0 Å².